The third-order valence-electron chi connectivity index (χ3n) is 6.36. The molecule has 1 unspecified atom stereocenters. The lowest BCUT2D eigenvalue weighted by atomic mass is 10.1. The van der Waals surface area contributed by atoms with Gasteiger partial charge in [0.15, 0.2) is 5.16 Å². The molecule has 17 heteroatoms. The van der Waals surface area contributed by atoms with Crippen molar-refractivity contribution in [3.8, 4) is 0 Å². The summed E-state index contributed by atoms with van der Waals surface area (Å²) in [7, 11) is -1.39. The van der Waals surface area contributed by atoms with E-state index in [2.05, 4.69) is 30.6 Å². The Morgan fingerprint density at radius 2 is 1.22 bits per heavy atom. The summed E-state index contributed by atoms with van der Waals surface area (Å²) in [5.41, 5.74) is 2.98. The van der Waals surface area contributed by atoms with Crippen LogP contribution in [0.3, 0.4) is 0 Å². The van der Waals surface area contributed by atoms with E-state index in [-0.39, 0.29) is 53.5 Å². The van der Waals surface area contributed by atoms with Crippen LogP contribution in [0.2, 0.25) is 0 Å². The molecule has 0 aliphatic rings. The molecule has 0 amide bonds. The van der Waals surface area contributed by atoms with E-state index >= 15 is 0 Å². The first kappa shape index (κ1) is 43.9. The number of nitrogens with one attached hydrogen (secondary N) is 2. The van der Waals surface area contributed by atoms with Crippen LogP contribution in [-0.4, -0.2) is 75.4 Å². The number of carbonyl (C=O) groups is 4. The average molecular weight is 747 g/mol. The summed E-state index contributed by atoms with van der Waals surface area (Å²) in [6.07, 6.45) is 6.01. The molecule has 0 radical (unpaired) electrons. The third-order valence-corrected chi connectivity index (χ3v) is 7.63. The summed E-state index contributed by atoms with van der Waals surface area (Å²) in [6, 6.07) is 9.86. The number of ether oxygens (including phenoxy) is 2. The fourth-order valence-electron chi connectivity index (χ4n) is 3.82. The molecule has 2 N–H and O–H groups in total. The Hall–Kier alpha value is -5.16. The minimum atomic E-state index is -1.39. The van der Waals surface area contributed by atoms with Gasteiger partial charge in [-0.1, -0.05) is 36.0 Å². The Balaban J connectivity index is 0.000000465. The lowest BCUT2D eigenvalue weighted by Crippen LogP contribution is -2.14. The maximum atomic E-state index is 13.6. The minimum absolute atomic E-state index is 0.0978. The van der Waals surface area contributed by atoms with Crippen LogP contribution in [-0.2, 0) is 43.0 Å². The van der Waals surface area contributed by atoms with E-state index in [9.17, 15) is 22.6 Å². The van der Waals surface area contributed by atoms with Gasteiger partial charge < -0.3 is 29.7 Å². The molecule has 2 aromatic carbocycles. The van der Waals surface area contributed by atoms with Gasteiger partial charge >= 0.3 is 11.9 Å². The molecule has 0 aliphatic heterocycles. The molecular weight excluding hydrogens is 707 g/mol. The highest BCUT2D eigenvalue weighted by Crippen LogP contribution is 2.20. The van der Waals surface area contributed by atoms with Crippen LogP contribution >= 0.6 is 11.8 Å². The quantitative estimate of drug-likeness (QED) is 0.105. The number of carbonyl (C=O) groups excluding carboxylic acids is 4. The predicted molar refractivity (Wildman–Crippen MR) is 191 cm³/mol. The molecule has 13 nitrogen and oxygen atoms in total. The number of benzene rings is 2. The minimum Gasteiger partial charge on any atom is -0.462 e. The molecule has 1 atom stereocenters. The largest absolute Gasteiger partial charge is 0.462 e. The van der Waals surface area contributed by atoms with Crippen molar-refractivity contribution in [3.63, 3.8) is 0 Å². The van der Waals surface area contributed by atoms with Crippen molar-refractivity contribution in [2.45, 2.75) is 51.1 Å². The predicted octanol–water partition coefficient (Wildman–Crippen LogP) is 5.52. The molecule has 0 saturated carbocycles. The van der Waals surface area contributed by atoms with Gasteiger partial charge in [0.25, 0.3) is 0 Å². The molecule has 51 heavy (non-hydrogen) atoms. The third kappa shape index (κ3) is 13.9. The van der Waals surface area contributed by atoms with Crippen LogP contribution < -0.4 is 10.6 Å². The van der Waals surface area contributed by atoms with Crippen molar-refractivity contribution < 1.29 is 41.6 Å². The molecule has 0 bridgehead atoms. The second kappa shape index (κ2) is 23.3. The Morgan fingerprint density at radius 1 is 0.784 bits per heavy atom. The zero-order chi connectivity index (χ0) is 38.5. The number of nitrogens with zero attached hydrogens (tertiary/aromatic N) is 4. The van der Waals surface area contributed by atoms with Gasteiger partial charge in [0.1, 0.15) is 48.0 Å². The topological polar surface area (TPSA) is 179 Å². The molecular formula is C34H40F2N6O7S2. The number of halogens is 2. The highest BCUT2D eigenvalue weighted by Gasteiger charge is 2.18. The monoisotopic (exact) mass is 746 g/mol. The Labute approximate surface area is 301 Å². The molecule has 0 fully saturated rings. The first-order chi connectivity index (χ1) is 24.5. The number of esters is 2. The van der Waals surface area contributed by atoms with Gasteiger partial charge in [0, 0.05) is 31.7 Å². The highest BCUT2D eigenvalue weighted by molar-refractivity contribution is 7.98. The number of aryl methyl sites for hydroxylation is 2. The van der Waals surface area contributed by atoms with Gasteiger partial charge in [0.05, 0.1) is 24.0 Å². The number of rotatable bonds is 12. The van der Waals surface area contributed by atoms with Gasteiger partial charge in [-0.2, -0.15) is 0 Å². The SMILES string of the molecule is C=O.C=O.CCOC(=O)c1cnc(S(C)=O)nc1NCc1ccc(C)c(F)c1.CCOC(=O)c1cnc(SC)nc1NCc1ccc(C)c(F)c1. The van der Waals surface area contributed by atoms with E-state index in [1.807, 2.05) is 25.9 Å². The number of thioether (sulfide) groups is 1. The Kier molecular flexibility index (Phi) is 20.0. The lowest BCUT2D eigenvalue weighted by molar-refractivity contribution is -0.0987. The number of anilines is 2. The number of aromatic nitrogens is 4. The summed E-state index contributed by atoms with van der Waals surface area (Å²) in [5, 5.41) is 6.65. The van der Waals surface area contributed by atoms with Crippen molar-refractivity contribution in [3.05, 3.63) is 93.8 Å². The van der Waals surface area contributed by atoms with E-state index in [0.29, 0.717) is 34.2 Å². The lowest BCUT2D eigenvalue weighted by Gasteiger charge is -2.11. The highest BCUT2D eigenvalue weighted by atomic mass is 32.2. The van der Waals surface area contributed by atoms with Crippen molar-refractivity contribution in [2.75, 3.05) is 36.4 Å². The second-order valence-corrected chi connectivity index (χ2v) is 11.8. The standard InChI is InChI=1S/C16H18FN3O3S.C16H18FN3O2S.2CH2O/c1-4-23-15(21)12-9-19-16(24(3)22)20-14(12)18-8-11-6-5-10(2)13(17)7-11;1-4-22-15(21)12-9-19-16(23-3)20-14(12)18-8-11-6-5-10(2)13(17)7-11;2*1-2/h5-7,9H,4,8H2,1-3H3,(H,18,19,20);5-7,9H,4,8H2,1-3H3,(H,18,19,20);2*1H2. The van der Waals surface area contributed by atoms with Crippen LogP contribution in [0.15, 0.2) is 59.1 Å². The maximum Gasteiger partial charge on any atom is 0.343 e. The first-order valence-electron chi connectivity index (χ1n) is 15.0. The van der Waals surface area contributed by atoms with Gasteiger partial charge in [-0.15, -0.1) is 0 Å². The molecule has 4 rings (SSSR count). The van der Waals surface area contributed by atoms with Crippen LogP contribution in [0, 0.1) is 25.5 Å². The van der Waals surface area contributed by atoms with Crippen LogP contribution in [0.5, 0.6) is 0 Å². The van der Waals surface area contributed by atoms with E-state index in [1.165, 1.54) is 42.5 Å². The average Bonchev–Trinajstić information content (AvgIpc) is 3.14. The van der Waals surface area contributed by atoms with E-state index in [4.69, 9.17) is 19.1 Å². The molecule has 4 aromatic rings. The fraction of sp³-hybridized carbons (Fsp3) is 0.294. The molecule has 274 valence electrons. The molecule has 2 aromatic heterocycles. The molecule has 0 saturated heterocycles. The van der Waals surface area contributed by atoms with Crippen LogP contribution in [0.1, 0.15) is 56.8 Å². The van der Waals surface area contributed by atoms with E-state index in [0.717, 1.165) is 5.56 Å². The Bertz CT molecular complexity index is 1780. The Morgan fingerprint density at radius 3 is 1.61 bits per heavy atom. The second-order valence-electron chi connectivity index (χ2n) is 9.80. The normalized spacial score (nSPS) is 10.4. The number of hydrogen-bond donors (Lipinski definition) is 2. The summed E-state index contributed by atoms with van der Waals surface area (Å²) >= 11 is 1.37. The summed E-state index contributed by atoms with van der Waals surface area (Å²) in [5.74, 6) is -1.06. The molecule has 2 heterocycles. The number of hydrogen-bond acceptors (Lipinski definition) is 14. The maximum absolute atomic E-state index is 13.6. The van der Waals surface area contributed by atoms with E-state index < -0.39 is 22.7 Å². The van der Waals surface area contributed by atoms with Crippen LogP contribution in [0.4, 0.5) is 20.4 Å². The van der Waals surface area contributed by atoms with E-state index in [1.54, 1.807) is 45.9 Å². The van der Waals surface area contributed by atoms with Crippen molar-refractivity contribution in [1.82, 2.24) is 19.9 Å². The van der Waals surface area contributed by atoms with Crippen molar-refractivity contribution in [1.29, 1.82) is 0 Å². The summed E-state index contributed by atoms with van der Waals surface area (Å²) < 4.78 is 48.7. The summed E-state index contributed by atoms with van der Waals surface area (Å²) in [4.78, 5) is 56.4. The smallest absolute Gasteiger partial charge is 0.343 e. The van der Waals surface area contributed by atoms with Gasteiger partial charge in [-0.3, -0.25) is 4.21 Å². The zero-order valence-electron chi connectivity index (χ0n) is 29.1. The zero-order valence-corrected chi connectivity index (χ0v) is 30.7. The summed E-state index contributed by atoms with van der Waals surface area (Å²) in [6.45, 7) is 11.9. The van der Waals surface area contributed by atoms with Crippen molar-refractivity contribution in [2.24, 2.45) is 0 Å². The fourth-order valence-corrected chi connectivity index (χ4v) is 4.58. The van der Waals surface area contributed by atoms with Gasteiger partial charge in [-0.05, 0) is 68.3 Å². The molecule has 0 aliphatic carbocycles. The van der Waals surface area contributed by atoms with Crippen LogP contribution in [0.25, 0.3) is 0 Å². The van der Waals surface area contributed by atoms with Crippen molar-refractivity contribution >= 4 is 59.7 Å². The first-order valence-corrected chi connectivity index (χ1v) is 17.8. The molecule has 0 spiro atoms. The van der Waals surface area contributed by atoms with Gasteiger partial charge in [-0.25, -0.2) is 38.3 Å². The van der Waals surface area contributed by atoms with Gasteiger partial charge in [0.2, 0.25) is 5.16 Å².